The van der Waals surface area contributed by atoms with E-state index in [1.807, 2.05) is 37.4 Å². The second kappa shape index (κ2) is 6.44. The molecule has 0 aliphatic heterocycles. The lowest BCUT2D eigenvalue weighted by Crippen LogP contribution is -2.42. The molecule has 104 valence electrons. The maximum absolute atomic E-state index is 12.2. The molecule has 1 aliphatic carbocycles. The van der Waals surface area contributed by atoms with Crippen molar-refractivity contribution in [2.75, 3.05) is 13.6 Å². The molecule has 0 radical (unpaired) electrons. The molecule has 1 aromatic rings. The van der Waals surface area contributed by atoms with Gasteiger partial charge in [0.15, 0.2) is 0 Å². The van der Waals surface area contributed by atoms with Gasteiger partial charge in [0.2, 0.25) is 5.91 Å². The van der Waals surface area contributed by atoms with Crippen molar-refractivity contribution in [3.63, 3.8) is 0 Å². The Balaban J connectivity index is 1.81. The standard InChI is InChI=1S/C15H21NO2S/c1-16(10-12-7-13(17)8-12)15(18)14(19)9-11-5-3-2-4-6-11/h2-6,12-14,17,19H,7-10H2,1H3. The van der Waals surface area contributed by atoms with E-state index < -0.39 is 0 Å². The molecule has 1 N–H and O–H groups in total. The van der Waals surface area contributed by atoms with E-state index in [1.165, 1.54) is 0 Å². The predicted octanol–water partition coefficient (Wildman–Crippen LogP) is 1.76. The van der Waals surface area contributed by atoms with Crippen LogP contribution in [0.1, 0.15) is 18.4 Å². The van der Waals surface area contributed by atoms with Gasteiger partial charge < -0.3 is 10.0 Å². The van der Waals surface area contributed by atoms with Gasteiger partial charge in [-0.05, 0) is 30.7 Å². The number of hydrogen-bond donors (Lipinski definition) is 2. The van der Waals surface area contributed by atoms with Crippen LogP contribution >= 0.6 is 12.6 Å². The first-order valence-corrected chi connectivity index (χ1v) is 7.23. The Morgan fingerprint density at radius 2 is 2.05 bits per heavy atom. The second-order valence-corrected chi connectivity index (χ2v) is 6.04. The van der Waals surface area contributed by atoms with E-state index in [1.54, 1.807) is 4.90 Å². The van der Waals surface area contributed by atoms with Gasteiger partial charge in [-0.15, -0.1) is 0 Å². The van der Waals surface area contributed by atoms with Crippen LogP contribution < -0.4 is 0 Å². The van der Waals surface area contributed by atoms with Gasteiger partial charge in [-0.1, -0.05) is 30.3 Å². The molecule has 0 bridgehead atoms. The Morgan fingerprint density at radius 1 is 1.42 bits per heavy atom. The first-order chi connectivity index (χ1) is 9.06. The lowest BCUT2D eigenvalue weighted by atomic mass is 9.82. The topological polar surface area (TPSA) is 40.5 Å². The summed E-state index contributed by atoms with van der Waals surface area (Å²) in [6.07, 6.45) is 2.12. The molecule has 0 heterocycles. The number of benzene rings is 1. The van der Waals surface area contributed by atoms with E-state index in [-0.39, 0.29) is 17.3 Å². The molecule has 4 heteroatoms. The molecule has 2 rings (SSSR count). The number of amides is 1. The van der Waals surface area contributed by atoms with Crippen LogP contribution in [0.25, 0.3) is 0 Å². The average Bonchev–Trinajstić information content (AvgIpc) is 2.37. The van der Waals surface area contributed by atoms with Gasteiger partial charge in [0.1, 0.15) is 0 Å². The van der Waals surface area contributed by atoms with Gasteiger partial charge in [0.05, 0.1) is 11.4 Å². The maximum atomic E-state index is 12.2. The fourth-order valence-corrected chi connectivity index (χ4v) is 2.91. The van der Waals surface area contributed by atoms with Crippen molar-refractivity contribution >= 4 is 18.5 Å². The molecule has 1 aliphatic rings. The molecule has 1 aromatic carbocycles. The predicted molar refractivity (Wildman–Crippen MR) is 79.3 cm³/mol. The molecule has 0 aromatic heterocycles. The summed E-state index contributed by atoms with van der Waals surface area (Å²) in [5, 5.41) is 8.96. The van der Waals surface area contributed by atoms with Crippen LogP contribution in [0.3, 0.4) is 0 Å². The number of thiol groups is 1. The van der Waals surface area contributed by atoms with E-state index in [4.69, 9.17) is 0 Å². The smallest absolute Gasteiger partial charge is 0.235 e. The minimum atomic E-state index is -0.294. The third-order valence-electron chi connectivity index (χ3n) is 3.68. The molecule has 1 unspecified atom stereocenters. The molecular weight excluding hydrogens is 258 g/mol. The van der Waals surface area contributed by atoms with Crippen molar-refractivity contribution in [3.05, 3.63) is 35.9 Å². The van der Waals surface area contributed by atoms with E-state index in [0.717, 1.165) is 24.9 Å². The monoisotopic (exact) mass is 279 g/mol. The molecule has 1 saturated carbocycles. The second-order valence-electron chi connectivity index (χ2n) is 5.42. The number of aliphatic hydroxyl groups is 1. The minimum Gasteiger partial charge on any atom is -0.393 e. The largest absolute Gasteiger partial charge is 0.393 e. The van der Waals surface area contributed by atoms with Crippen LogP contribution in [0.5, 0.6) is 0 Å². The van der Waals surface area contributed by atoms with Gasteiger partial charge in [0, 0.05) is 13.6 Å². The summed E-state index contributed by atoms with van der Waals surface area (Å²) in [6, 6.07) is 9.93. The third kappa shape index (κ3) is 3.98. The van der Waals surface area contributed by atoms with Gasteiger partial charge in [-0.2, -0.15) is 12.6 Å². The summed E-state index contributed by atoms with van der Waals surface area (Å²) < 4.78 is 0. The SMILES string of the molecule is CN(CC1CC(O)C1)C(=O)C(S)Cc1ccccc1. The van der Waals surface area contributed by atoms with Crippen molar-refractivity contribution < 1.29 is 9.90 Å². The summed E-state index contributed by atoms with van der Waals surface area (Å²) in [6.45, 7) is 0.724. The van der Waals surface area contributed by atoms with Crippen molar-refractivity contribution in [2.24, 2.45) is 5.92 Å². The quantitative estimate of drug-likeness (QED) is 0.806. The van der Waals surface area contributed by atoms with Crippen molar-refractivity contribution in [3.8, 4) is 0 Å². The molecular formula is C15H21NO2S. The summed E-state index contributed by atoms with van der Waals surface area (Å²) in [5.74, 6) is 0.509. The summed E-state index contributed by atoms with van der Waals surface area (Å²) in [4.78, 5) is 13.9. The molecule has 0 saturated heterocycles. The number of hydrogen-bond acceptors (Lipinski definition) is 3. The highest BCUT2D eigenvalue weighted by Gasteiger charge is 2.30. The van der Waals surface area contributed by atoms with E-state index >= 15 is 0 Å². The van der Waals surface area contributed by atoms with Crippen LogP contribution in [-0.2, 0) is 11.2 Å². The summed E-state index contributed by atoms with van der Waals surface area (Å²) in [7, 11) is 1.82. The highest BCUT2D eigenvalue weighted by Crippen LogP contribution is 2.27. The molecule has 3 nitrogen and oxygen atoms in total. The van der Waals surface area contributed by atoms with Gasteiger partial charge in [0.25, 0.3) is 0 Å². The van der Waals surface area contributed by atoms with Crippen LogP contribution in [0.2, 0.25) is 0 Å². The first-order valence-electron chi connectivity index (χ1n) is 6.71. The zero-order valence-electron chi connectivity index (χ0n) is 11.2. The lowest BCUT2D eigenvalue weighted by molar-refractivity contribution is -0.130. The molecule has 1 amide bonds. The van der Waals surface area contributed by atoms with Gasteiger partial charge >= 0.3 is 0 Å². The van der Waals surface area contributed by atoms with Crippen LogP contribution in [0.15, 0.2) is 30.3 Å². The number of nitrogens with zero attached hydrogens (tertiary/aromatic N) is 1. The fourth-order valence-electron chi connectivity index (χ4n) is 2.51. The van der Waals surface area contributed by atoms with E-state index in [9.17, 15) is 9.90 Å². The Bertz CT molecular complexity index is 417. The molecule has 1 fully saturated rings. The zero-order chi connectivity index (χ0) is 13.8. The number of rotatable bonds is 5. The zero-order valence-corrected chi connectivity index (χ0v) is 12.1. The molecule has 19 heavy (non-hydrogen) atoms. The normalized spacial score (nSPS) is 23.5. The van der Waals surface area contributed by atoms with Gasteiger partial charge in [-0.25, -0.2) is 0 Å². The fraction of sp³-hybridized carbons (Fsp3) is 0.533. The molecule has 1 atom stereocenters. The number of carbonyl (C=O) groups excluding carboxylic acids is 1. The highest BCUT2D eigenvalue weighted by molar-refractivity contribution is 7.81. The van der Waals surface area contributed by atoms with Crippen molar-refractivity contribution in [1.82, 2.24) is 4.90 Å². The van der Waals surface area contributed by atoms with E-state index in [2.05, 4.69) is 12.6 Å². The maximum Gasteiger partial charge on any atom is 0.235 e. The Morgan fingerprint density at radius 3 is 2.63 bits per heavy atom. The summed E-state index contributed by atoms with van der Waals surface area (Å²) in [5.41, 5.74) is 1.13. The molecule has 0 spiro atoms. The van der Waals surface area contributed by atoms with Crippen LogP contribution in [-0.4, -0.2) is 40.9 Å². The Kier molecular flexibility index (Phi) is 4.88. The highest BCUT2D eigenvalue weighted by atomic mass is 32.1. The first kappa shape index (κ1) is 14.4. The van der Waals surface area contributed by atoms with Crippen molar-refractivity contribution in [1.29, 1.82) is 0 Å². The van der Waals surface area contributed by atoms with E-state index in [0.29, 0.717) is 12.3 Å². The lowest BCUT2D eigenvalue weighted by Gasteiger charge is -2.35. The number of carbonyl (C=O) groups is 1. The van der Waals surface area contributed by atoms with Crippen molar-refractivity contribution in [2.45, 2.75) is 30.6 Å². The minimum absolute atomic E-state index is 0.0635. The average molecular weight is 279 g/mol. The Hall–Kier alpha value is -1.00. The van der Waals surface area contributed by atoms with Crippen LogP contribution in [0.4, 0.5) is 0 Å². The van der Waals surface area contributed by atoms with Gasteiger partial charge in [-0.3, -0.25) is 4.79 Å². The third-order valence-corrected chi connectivity index (χ3v) is 4.08. The number of aliphatic hydroxyl groups excluding tert-OH is 1. The Labute approximate surface area is 120 Å². The summed E-state index contributed by atoms with van der Waals surface area (Å²) >= 11 is 4.42. The van der Waals surface area contributed by atoms with Crippen LogP contribution in [0, 0.1) is 5.92 Å².